The molecule has 0 bridgehead atoms. The monoisotopic (exact) mass is 330 g/mol. The second kappa shape index (κ2) is 7.55. The van der Waals surface area contributed by atoms with Crippen molar-refractivity contribution in [1.29, 1.82) is 0 Å². The Morgan fingerprint density at radius 1 is 1.35 bits per heavy atom. The summed E-state index contributed by atoms with van der Waals surface area (Å²) in [4.78, 5) is 18.8. The molecule has 1 aliphatic rings. The molecule has 3 rings (SSSR count). The van der Waals surface area contributed by atoms with E-state index in [0.717, 1.165) is 49.7 Å². The molecule has 6 heteroatoms. The lowest BCUT2D eigenvalue weighted by molar-refractivity contribution is -0.128. The number of aromatic nitrogens is 2. The van der Waals surface area contributed by atoms with Crippen LogP contribution in [0.25, 0.3) is 0 Å². The van der Waals surface area contributed by atoms with E-state index in [0.29, 0.717) is 0 Å². The SMILES string of the molecule is CCc1nsc(NC2CCN(CCCc3ccccc3)C2=O)n1. The Kier molecular flexibility index (Phi) is 5.23. The lowest BCUT2D eigenvalue weighted by atomic mass is 10.1. The fourth-order valence-corrected chi connectivity index (χ4v) is 3.52. The van der Waals surface area contributed by atoms with Gasteiger partial charge in [0.25, 0.3) is 0 Å². The molecule has 1 aromatic heterocycles. The second-order valence-corrected chi connectivity index (χ2v) is 6.52. The van der Waals surface area contributed by atoms with Gasteiger partial charge in [0, 0.05) is 31.0 Å². The third-order valence-electron chi connectivity index (χ3n) is 4.12. The Balaban J connectivity index is 1.46. The summed E-state index contributed by atoms with van der Waals surface area (Å²) in [6.07, 6.45) is 3.67. The molecule has 1 aromatic carbocycles. The molecule has 1 N–H and O–H groups in total. The number of aryl methyl sites for hydroxylation is 2. The highest BCUT2D eigenvalue weighted by atomic mass is 32.1. The Morgan fingerprint density at radius 2 is 2.17 bits per heavy atom. The van der Waals surface area contributed by atoms with Crippen LogP contribution >= 0.6 is 11.5 Å². The van der Waals surface area contributed by atoms with Gasteiger partial charge < -0.3 is 10.2 Å². The molecular formula is C17H22N4OS. The van der Waals surface area contributed by atoms with Crippen LogP contribution in [-0.2, 0) is 17.6 Å². The van der Waals surface area contributed by atoms with Crippen molar-refractivity contribution in [3.8, 4) is 0 Å². The first-order chi connectivity index (χ1) is 11.3. The summed E-state index contributed by atoms with van der Waals surface area (Å²) in [7, 11) is 0. The van der Waals surface area contributed by atoms with Crippen molar-refractivity contribution >= 4 is 22.6 Å². The van der Waals surface area contributed by atoms with Gasteiger partial charge in [-0.2, -0.15) is 4.37 Å². The van der Waals surface area contributed by atoms with Crippen molar-refractivity contribution in [3.63, 3.8) is 0 Å². The number of rotatable bonds is 7. The van der Waals surface area contributed by atoms with Crippen LogP contribution in [0, 0.1) is 0 Å². The Hall–Kier alpha value is -1.95. The number of anilines is 1. The van der Waals surface area contributed by atoms with Gasteiger partial charge in [0.05, 0.1) is 0 Å². The van der Waals surface area contributed by atoms with Crippen LogP contribution in [0.4, 0.5) is 5.13 Å². The van der Waals surface area contributed by atoms with Crippen molar-refractivity contribution in [2.75, 3.05) is 18.4 Å². The Bertz CT molecular complexity index is 643. The van der Waals surface area contributed by atoms with Crippen LogP contribution in [-0.4, -0.2) is 39.3 Å². The maximum Gasteiger partial charge on any atom is 0.245 e. The minimum Gasteiger partial charge on any atom is -0.348 e. The van der Waals surface area contributed by atoms with Gasteiger partial charge in [-0.15, -0.1) is 0 Å². The van der Waals surface area contributed by atoms with Crippen molar-refractivity contribution in [3.05, 3.63) is 41.7 Å². The molecule has 1 atom stereocenters. The highest BCUT2D eigenvalue weighted by Crippen LogP contribution is 2.19. The summed E-state index contributed by atoms with van der Waals surface area (Å²) >= 11 is 1.34. The van der Waals surface area contributed by atoms with Gasteiger partial charge in [0.15, 0.2) is 0 Å². The smallest absolute Gasteiger partial charge is 0.245 e. The van der Waals surface area contributed by atoms with E-state index in [1.54, 1.807) is 0 Å². The number of nitrogens with one attached hydrogen (secondary N) is 1. The molecule has 2 heterocycles. The first-order valence-electron chi connectivity index (χ1n) is 8.18. The maximum atomic E-state index is 12.4. The zero-order valence-electron chi connectivity index (χ0n) is 13.4. The lowest BCUT2D eigenvalue weighted by Crippen LogP contribution is -2.34. The quantitative estimate of drug-likeness (QED) is 0.848. The molecule has 2 aromatic rings. The number of benzene rings is 1. The molecule has 23 heavy (non-hydrogen) atoms. The predicted molar refractivity (Wildman–Crippen MR) is 92.7 cm³/mol. The second-order valence-electron chi connectivity index (χ2n) is 5.77. The molecule has 1 unspecified atom stereocenters. The number of likely N-dealkylation sites (tertiary alicyclic amines) is 1. The van der Waals surface area contributed by atoms with Crippen LogP contribution < -0.4 is 5.32 Å². The van der Waals surface area contributed by atoms with Crippen LogP contribution in [0.2, 0.25) is 0 Å². The molecule has 1 aliphatic heterocycles. The highest BCUT2D eigenvalue weighted by Gasteiger charge is 2.31. The lowest BCUT2D eigenvalue weighted by Gasteiger charge is -2.16. The largest absolute Gasteiger partial charge is 0.348 e. The van der Waals surface area contributed by atoms with E-state index in [9.17, 15) is 4.79 Å². The maximum absolute atomic E-state index is 12.4. The molecular weight excluding hydrogens is 308 g/mol. The predicted octanol–water partition coefficient (Wildman–Crippen LogP) is 2.75. The molecule has 1 amide bonds. The first-order valence-corrected chi connectivity index (χ1v) is 8.95. The van der Waals surface area contributed by atoms with Crippen LogP contribution in [0.3, 0.4) is 0 Å². The van der Waals surface area contributed by atoms with Gasteiger partial charge in [-0.1, -0.05) is 37.3 Å². The number of carbonyl (C=O) groups is 1. The van der Waals surface area contributed by atoms with E-state index >= 15 is 0 Å². The molecule has 0 saturated carbocycles. The van der Waals surface area contributed by atoms with E-state index in [2.05, 4.69) is 38.9 Å². The molecule has 1 fully saturated rings. The molecule has 5 nitrogen and oxygen atoms in total. The molecule has 122 valence electrons. The minimum atomic E-state index is -0.149. The van der Waals surface area contributed by atoms with Gasteiger partial charge in [-0.3, -0.25) is 4.79 Å². The third kappa shape index (κ3) is 4.07. The number of hydrogen-bond acceptors (Lipinski definition) is 5. The third-order valence-corrected chi connectivity index (χ3v) is 4.80. The van der Waals surface area contributed by atoms with Crippen LogP contribution in [0.5, 0.6) is 0 Å². The van der Waals surface area contributed by atoms with Crippen LogP contribution in [0.1, 0.15) is 31.2 Å². The fraction of sp³-hybridized carbons (Fsp3) is 0.471. The number of hydrogen-bond donors (Lipinski definition) is 1. The minimum absolute atomic E-state index is 0.149. The van der Waals surface area contributed by atoms with Crippen molar-refractivity contribution in [2.24, 2.45) is 0 Å². The Morgan fingerprint density at radius 3 is 2.91 bits per heavy atom. The van der Waals surface area contributed by atoms with Crippen molar-refractivity contribution in [2.45, 2.75) is 38.6 Å². The number of amides is 1. The summed E-state index contributed by atoms with van der Waals surface area (Å²) in [6.45, 7) is 3.67. The summed E-state index contributed by atoms with van der Waals surface area (Å²) in [6, 6.07) is 10.3. The zero-order valence-corrected chi connectivity index (χ0v) is 14.2. The van der Waals surface area contributed by atoms with Crippen LogP contribution in [0.15, 0.2) is 30.3 Å². The zero-order chi connectivity index (χ0) is 16.1. The molecule has 0 radical (unpaired) electrons. The number of nitrogens with zero attached hydrogens (tertiary/aromatic N) is 3. The van der Waals surface area contributed by atoms with Gasteiger partial charge in [-0.05, 0) is 24.8 Å². The Labute approximate surface area is 140 Å². The average molecular weight is 330 g/mol. The highest BCUT2D eigenvalue weighted by molar-refractivity contribution is 7.09. The standard InChI is InChI=1S/C17H22N4OS/c1-2-15-19-17(23-20-15)18-14-10-12-21(16(14)22)11-6-9-13-7-4-3-5-8-13/h3-5,7-8,14H,2,6,9-12H2,1H3,(H,18,19,20). The van der Waals surface area contributed by atoms with Gasteiger partial charge in [-0.25, -0.2) is 4.98 Å². The van der Waals surface area contributed by atoms with E-state index in [-0.39, 0.29) is 11.9 Å². The summed E-state index contributed by atoms with van der Waals surface area (Å²) in [5, 5.41) is 3.99. The molecule has 0 aliphatic carbocycles. The summed E-state index contributed by atoms with van der Waals surface area (Å²) in [5.74, 6) is 1.02. The molecule has 1 saturated heterocycles. The van der Waals surface area contributed by atoms with Gasteiger partial charge in [0.2, 0.25) is 11.0 Å². The molecule has 0 spiro atoms. The topological polar surface area (TPSA) is 58.1 Å². The average Bonchev–Trinajstić information content (AvgIpc) is 3.17. The van der Waals surface area contributed by atoms with Gasteiger partial charge in [0.1, 0.15) is 11.9 Å². The van der Waals surface area contributed by atoms with E-state index in [4.69, 9.17) is 0 Å². The van der Waals surface area contributed by atoms with E-state index < -0.39 is 0 Å². The van der Waals surface area contributed by atoms with E-state index in [1.165, 1.54) is 17.1 Å². The first kappa shape index (κ1) is 15.9. The normalized spacial score (nSPS) is 17.7. The van der Waals surface area contributed by atoms with Crippen molar-refractivity contribution in [1.82, 2.24) is 14.3 Å². The number of carbonyl (C=O) groups excluding carboxylic acids is 1. The fourth-order valence-electron chi connectivity index (χ4n) is 2.82. The summed E-state index contributed by atoms with van der Waals surface area (Å²) < 4.78 is 4.25. The van der Waals surface area contributed by atoms with Gasteiger partial charge >= 0.3 is 0 Å². The van der Waals surface area contributed by atoms with Crippen molar-refractivity contribution < 1.29 is 4.79 Å². The van der Waals surface area contributed by atoms with E-state index in [1.807, 2.05) is 17.9 Å². The summed E-state index contributed by atoms with van der Waals surface area (Å²) in [5.41, 5.74) is 1.33.